The van der Waals surface area contributed by atoms with E-state index >= 15 is 0 Å². The molecule has 0 aliphatic rings. The van der Waals surface area contributed by atoms with E-state index in [2.05, 4.69) is 0 Å². The van der Waals surface area contributed by atoms with E-state index in [-0.39, 0.29) is 10.9 Å². The number of hydrogen-bond donors (Lipinski definition) is 3. The third-order valence-corrected chi connectivity index (χ3v) is 2.90. The van der Waals surface area contributed by atoms with E-state index in [9.17, 15) is 9.59 Å². The lowest BCUT2D eigenvalue weighted by Gasteiger charge is -2.06. The third kappa shape index (κ3) is 3.25. The summed E-state index contributed by atoms with van der Waals surface area (Å²) in [5.41, 5.74) is 11.6. The molecule has 0 radical (unpaired) electrons. The number of thioether (sulfide) groups is 1. The van der Waals surface area contributed by atoms with Crippen molar-refractivity contribution in [3.05, 3.63) is 29.8 Å². The number of anilines is 1. The number of carboxylic acids is 1. The third-order valence-electron chi connectivity index (χ3n) is 1.89. The van der Waals surface area contributed by atoms with E-state index in [0.29, 0.717) is 11.3 Å². The van der Waals surface area contributed by atoms with Gasteiger partial charge in [0.1, 0.15) is 6.04 Å². The van der Waals surface area contributed by atoms with Crippen molar-refractivity contribution in [2.45, 2.75) is 6.04 Å². The number of rotatable bonds is 4. The zero-order valence-corrected chi connectivity index (χ0v) is 9.24. The number of hydrogen-bond acceptors (Lipinski definition) is 5. The van der Waals surface area contributed by atoms with Crippen molar-refractivity contribution in [2.24, 2.45) is 5.73 Å². The fourth-order valence-electron chi connectivity index (χ4n) is 0.997. The first-order chi connectivity index (χ1) is 7.52. The number of nitrogens with two attached hydrogens (primary N) is 2. The van der Waals surface area contributed by atoms with Crippen LogP contribution < -0.4 is 11.5 Å². The van der Waals surface area contributed by atoms with Crippen molar-refractivity contribution in [1.29, 1.82) is 0 Å². The first kappa shape index (κ1) is 12.5. The van der Waals surface area contributed by atoms with Crippen LogP contribution in [0.25, 0.3) is 0 Å². The average Bonchev–Trinajstić information content (AvgIpc) is 2.25. The van der Waals surface area contributed by atoms with E-state index in [1.54, 1.807) is 24.3 Å². The molecule has 0 heterocycles. The Hall–Kier alpha value is -1.53. The molecule has 0 amide bonds. The summed E-state index contributed by atoms with van der Waals surface area (Å²) in [5, 5.41) is 8.28. The predicted octanol–water partition coefficient (Wildman–Crippen LogP) is 0.554. The molecule has 0 unspecified atom stereocenters. The predicted molar refractivity (Wildman–Crippen MR) is 63.3 cm³/mol. The van der Waals surface area contributed by atoms with Crippen molar-refractivity contribution < 1.29 is 14.7 Å². The zero-order chi connectivity index (χ0) is 12.1. The lowest BCUT2D eigenvalue weighted by atomic mass is 10.2. The highest BCUT2D eigenvalue weighted by Crippen LogP contribution is 2.18. The number of carboxylic acid groups (broad SMARTS) is 1. The lowest BCUT2D eigenvalue weighted by molar-refractivity contribution is -0.137. The molecule has 0 aromatic heterocycles. The fourth-order valence-corrected chi connectivity index (χ4v) is 1.81. The standard InChI is InChI=1S/C10H12N2O3S/c11-7-4-2-1-3-6(7)10(15)16-5-8(12)9(13)14/h1-4,8H,5,11-12H2,(H,13,14)/t8-/m0/s1. The summed E-state index contributed by atoms with van der Waals surface area (Å²) in [4.78, 5) is 22.1. The van der Waals surface area contributed by atoms with Gasteiger partial charge in [-0.3, -0.25) is 9.59 Å². The molecule has 86 valence electrons. The van der Waals surface area contributed by atoms with E-state index < -0.39 is 12.0 Å². The maximum absolute atomic E-state index is 11.6. The molecule has 0 fully saturated rings. The topological polar surface area (TPSA) is 106 Å². The van der Waals surface area contributed by atoms with Crippen LogP contribution in [0.2, 0.25) is 0 Å². The Morgan fingerprint density at radius 3 is 2.56 bits per heavy atom. The summed E-state index contributed by atoms with van der Waals surface area (Å²) in [5.74, 6) is -1.09. The van der Waals surface area contributed by atoms with Gasteiger partial charge in [-0.05, 0) is 12.1 Å². The van der Waals surface area contributed by atoms with Gasteiger partial charge in [0, 0.05) is 11.4 Å². The van der Waals surface area contributed by atoms with Crippen LogP contribution in [0, 0.1) is 0 Å². The Balaban J connectivity index is 2.60. The van der Waals surface area contributed by atoms with Crippen LogP contribution >= 0.6 is 11.8 Å². The minimum atomic E-state index is -1.12. The molecule has 1 atom stereocenters. The summed E-state index contributed by atoms with van der Waals surface area (Å²) in [6.45, 7) is 0. The minimum absolute atomic E-state index is 0.0303. The first-order valence-electron chi connectivity index (χ1n) is 4.52. The van der Waals surface area contributed by atoms with Gasteiger partial charge in [0.05, 0.1) is 5.56 Å². The molecule has 1 aromatic carbocycles. The Morgan fingerprint density at radius 2 is 2.00 bits per heavy atom. The highest BCUT2D eigenvalue weighted by Gasteiger charge is 2.16. The van der Waals surface area contributed by atoms with Crippen molar-refractivity contribution in [2.75, 3.05) is 11.5 Å². The molecule has 0 saturated carbocycles. The molecule has 6 heteroatoms. The van der Waals surface area contributed by atoms with E-state index in [0.717, 1.165) is 11.8 Å². The monoisotopic (exact) mass is 240 g/mol. The summed E-state index contributed by atoms with van der Waals surface area (Å²) in [6, 6.07) is 5.59. The number of carbonyl (C=O) groups excluding carboxylic acids is 1. The van der Waals surface area contributed by atoms with Crippen LogP contribution in [0.1, 0.15) is 10.4 Å². The van der Waals surface area contributed by atoms with E-state index in [4.69, 9.17) is 16.6 Å². The van der Waals surface area contributed by atoms with Crippen molar-refractivity contribution in [3.63, 3.8) is 0 Å². The number of nitrogen functional groups attached to an aromatic ring is 1. The normalized spacial score (nSPS) is 12.1. The molecule has 0 saturated heterocycles. The highest BCUT2D eigenvalue weighted by molar-refractivity contribution is 8.14. The lowest BCUT2D eigenvalue weighted by Crippen LogP contribution is -2.32. The van der Waals surface area contributed by atoms with Gasteiger partial charge >= 0.3 is 5.97 Å². The largest absolute Gasteiger partial charge is 0.480 e. The van der Waals surface area contributed by atoms with Crippen molar-refractivity contribution >= 4 is 28.5 Å². The van der Waals surface area contributed by atoms with E-state index in [1.807, 2.05) is 0 Å². The molecule has 5 N–H and O–H groups in total. The highest BCUT2D eigenvalue weighted by atomic mass is 32.2. The molecule has 0 bridgehead atoms. The molecular weight excluding hydrogens is 228 g/mol. The molecule has 16 heavy (non-hydrogen) atoms. The van der Waals surface area contributed by atoms with Crippen LogP contribution in [0.4, 0.5) is 5.69 Å². The quantitative estimate of drug-likeness (QED) is 0.664. The Morgan fingerprint density at radius 1 is 1.38 bits per heavy atom. The van der Waals surface area contributed by atoms with Gasteiger partial charge in [-0.1, -0.05) is 23.9 Å². The SMILES string of the molecule is Nc1ccccc1C(=O)SC[C@H](N)C(=O)O. The summed E-state index contributed by atoms with van der Waals surface area (Å²) < 4.78 is 0. The average molecular weight is 240 g/mol. The maximum Gasteiger partial charge on any atom is 0.321 e. The van der Waals surface area contributed by atoms with Gasteiger partial charge in [-0.25, -0.2) is 0 Å². The summed E-state index contributed by atoms with van der Waals surface area (Å²) in [6.07, 6.45) is 0. The van der Waals surface area contributed by atoms with Gasteiger partial charge in [0.15, 0.2) is 0 Å². The molecule has 0 aliphatic carbocycles. The second kappa shape index (κ2) is 5.53. The Bertz CT molecular complexity index is 409. The number of benzene rings is 1. The van der Waals surface area contributed by atoms with Gasteiger partial charge in [0.2, 0.25) is 5.12 Å². The molecular formula is C10H12N2O3S. The number of para-hydroxylation sites is 1. The van der Waals surface area contributed by atoms with Crippen molar-refractivity contribution in [1.82, 2.24) is 0 Å². The maximum atomic E-state index is 11.6. The Labute approximate surface area is 96.8 Å². The number of carbonyl (C=O) groups is 2. The zero-order valence-electron chi connectivity index (χ0n) is 8.42. The summed E-state index contributed by atoms with van der Waals surface area (Å²) >= 11 is 0.855. The smallest absolute Gasteiger partial charge is 0.321 e. The van der Waals surface area contributed by atoms with Gasteiger partial charge in [0.25, 0.3) is 0 Å². The van der Waals surface area contributed by atoms with Gasteiger partial charge in [-0.15, -0.1) is 0 Å². The van der Waals surface area contributed by atoms with Gasteiger partial charge < -0.3 is 16.6 Å². The minimum Gasteiger partial charge on any atom is -0.480 e. The molecule has 5 nitrogen and oxygen atoms in total. The van der Waals surface area contributed by atoms with Crippen LogP contribution in [-0.4, -0.2) is 28.0 Å². The molecule has 1 aromatic rings. The second-order valence-electron chi connectivity index (χ2n) is 3.13. The van der Waals surface area contributed by atoms with Crippen LogP contribution in [0.15, 0.2) is 24.3 Å². The fraction of sp³-hybridized carbons (Fsp3) is 0.200. The van der Waals surface area contributed by atoms with Gasteiger partial charge in [-0.2, -0.15) is 0 Å². The van der Waals surface area contributed by atoms with Crippen LogP contribution in [0.5, 0.6) is 0 Å². The molecule has 1 rings (SSSR count). The summed E-state index contributed by atoms with van der Waals surface area (Å²) in [7, 11) is 0. The Kier molecular flexibility index (Phi) is 4.33. The number of aliphatic carboxylic acids is 1. The first-order valence-corrected chi connectivity index (χ1v) is 5.51. The molecule has 0 aliphatic heterocycles. The second-order valence-corrected chi connectivity index (χ2v) is 4.12. The van der Waals surface area contributed by atoms with Crippen LogP contribution in [0.3, 0.4) is 0 Å². The molecule has 0 spiro atoms. The van der Waals surface area contributed by atoms with Crippen LogP contribution in [-0.2, 0) is 4.79 Å². The van der Waals surface area contributed by atoms with Crippen molar-refractivity contribution in [3.8, 4) is 0 Å². The van der Waals surface area contributed by atoms with E-state index in [1.165, 1.54) is 0 Å².